The molecule has 0 radical (unpaired) electrons. The van der Waals surface area contributed by atoms with Crippen LogP contribution in [0.25, 0.3) is 0 Å². The molecule has 4 heteroatoms. The molecule has 0 bridgehead atoms. The second-order valence-corrected chi connectivity index (χ2v) is 7.07. The first-order chi connectivity index (χ1) is 9.43. The highest BCUT2D eigenvalue weighted by atomic mass is 79.9. The van der Waals surface area contributed by atoms with Gasteiger partial charge in [-0.05, 0) is 42.9 Å². The van der Waals surface area contributed by atoms with E-state index in [1.807, 2.05) is 23.1 Å². The van der Waals surface area contributed by atoms with Crippen molar-refractivity contribution < 1.29 is 9.53 Å². The molecule has 1 aromatic rings. The monoisotopic (exact) mass is 339 g/mol. The van der Waals surface area contributed by atoms with Crippen molar-refractivity contribution in [3.05, 3.63) is 28.2 Å². The van der Waals surface area contributed by atoms with Gasteiger partial charge in [0, 0.05) is 17.6 Å². The highest BCUT2D eigenvalue weighted by molar-refractivity contribution is 9.10. The van der Waals surface area contributed by atoms with E-state index >= 15 is 0 Å². The summed E-state index contributed by atoms with van der Waals surface area (Å²) in [5, 5.41) is 0. The van der Waals surface area contributed by atoms with Crippen LogP contribution >= 0.6 is 15.9 Å². The van der Waals surface area contributed by atoms with E-state index in [0.29, 0.717) is 16.7 Å². The standard InChI is InChI=1S/C16H22BrNO2/c1-16(2)7-4-9-18(10-8-16)15(19)13-6-5-12(17)11-14(13)20-3/h5-6,11H,4,7-10H2,1-3H3. The summed E-state index contributed by atoms with van der Waals surface area (Å²) in [5.41, 5.74) is 0.981. The van der Waals surface area contributed by atoms with Crippen LogP contribution in [0.3, 0.4) is 0 Å². The number of hydrogen-bond acceptors (Lipinski definition) is 2. The van der Waals surface area contributed by atoms with Gasteiger partial charge in [0.25, 0.3) is 5.91 Å². The Labute approximate surface area is 129 Å². The third-order valence-corrected chi connectivity index (χ3v) is 4.51. The van der Waals surface area contributed by atoms with Crippen molar-refractivity contribution in [1.29, 1.82) is 0 Å². The van der Waals surface area contributed by atoms with Crippen molar-refractivity contribution in [2.24, 2.45) is 5.41 Å². The smallest absolute Gasteiger partial charge is 0.257 e. The summed E-state index contributed by atoms with van der Waals surface area (Å²) < 4.78 is 6.25. The molecule has 1 aliphatic rings. The van der Waals surface area contributed by atoms with Crippen LogP contribution in [0.4, 0.5) is 0 Å². The summed E-state index contributed by atoms with van der Waals surface area (Å²) in [7, 11) is 1.60. The second kappa shape index (κ2) is 6.17. The van der Waals surface area contributed by atoms with Crippen LogP contribution < -0.4 is 4.74 Å². The predicted octanol–water partition coefficient (Wildman–Crippen LogP) is 4.11. The van der Waals surface area contributed by atoms with Gasteiger partial charge in [-0.2, -0.15) is 0 Å². The summed E-state index contributed by atoms with van der Waals surface area (Å²) in [4.78, 5) is 14.6. The summed E-state index contributed by atoms with van der Waals surface area (Å²) in [6, 6.07) is 5.56. The largest absolute Gasteiger partial charge is 0.496 e. The molecule has 0 saturated carbocycles. The van der Waals surface area contributed by atoms with E-state index in [1.165, 1.54) is 6.42 Å². The lowest BCUT2D eigenvalue weighted by atomic mass is 9.85. The number of benzene rings is 1. The van der Waals surface area contributed by atoms with Crippen molar-refractivity contribution in [1.82, 2.24) is 4.90 Å². The molecule has 3 nitrogen and oxygen atoms in total. The van der Waals surface area contributed by atoms with Crippen LogP contribution in [0, 0.1) is 5.41 Å². The molecule has 1 aliphatic heterocycles. The third-order valence-electron chi connectivity index (χ3n) is 4.02. The first-order valence-corrected chi connectivity index (χ1v) is 7.85. The Hall–Kier alpha value is -1.03. The number of nitrogens with zero attached hydrogens (tertiary/aromatic N) is 1. The fourth-order valence-electron chi connectivity index (χ4n) is 2.64. The minimum atomic E-state index is 0.0760. The highest BCUT2D eigenvalue weighted by Crippen LogP contribution is 2.31. The minimum Gasteiger partial charge on any atom is -0.496 e. The first kappa shape index (κ1) is 15.4. The first-order valence-electron chi connectivity index (χ1n) is 7.06. The van der Waals surface area contributed by atoms with Gasteiger partial charge in [0.2, 0.25) is 0 Å². The van der Waals surface area contributed by atoms with Gasteiger partial charge in [0.1, 0.15) is 5.75 Å². The van der Waals surface area contributed by atoms with Crippen LogP contribution in [0.15, 0.2) is 22.7 Å². The summed E-state index contributed by atoms with van der Waals surface area (Å²) in [6.45, 7) is 6.22. The molecule has 1 fully saturated rings. The van der Waals surface area contributed by atoms with E-state index in [1.54, 1.807) is 7.11 Å². The van der Waals surface area contributed by atoms with Crippen LogP contribution in [0.1, 0.15) is 43.5 Å². The Morgan fingerprint density at radius 2 is 2.05 bits per heavy atom. The maximum Gasteiger partial charge on any atom is 0.257 e. The number of hydrogen-bond donors (Lipinski definition) is 0. The highest BCUT2D eigenvalue weighted by Gasteiger charge is 2.27. The van der Waals surface area contributed by atoms with Crippen molar-refractivity contribution in [2.75, 3.05) is 20.2 Å². The van der Waals surface area contributed by atoms with Crippen LogP contribution in [-0.2, 0) is 0 Å². The molecule has 2 rings (SSSR count). The van der Waals surface area contributed by atoms with Crippen LogP contribution in [-0.4, -0.2) is 31.0 Å². The Morgan fingerprint density at radius 1 is 1.30 bits per heavy atom. The van der Waals surface area contributed by atoms with E-state index in [2.05, 4.69) is 29.8 Å². The number of rotatable bonds is 2. The van der Waals surface area contributed by atoms with Crippen molar-refractivity contribution in [3.8, 4) is 5.75 Å². The normalized spacial score (nSPS) is 18.5. The molecule has 1 heterocycles. The molecular weight excluding hydrogens is 318 g/mol. The number of methoxy groups -OCH3 is 1. The van der Waals surface area contributed by atoms with Gasteiger partial charge < -0.3 is 9.64 Å². The van der Waals surface area contributed by atoms with Gasteiger partial charge in [-0.1, -0.05) is 29.8 Å². The molecule has 1 aromatic carbocycles. The maximum absolute atomic E-state index is 12.7. The van der Waals surface area contributed by atoms with Crippen LogP contribution in [0.2, 0.25) is 0 Å². The van der Waals surface area contributed by atoms with E-state index in [9.17, 15) is 4.79 Å². The Kier molecular flexibility index (Phi) is 4.74. The molecule has 20 heavy (non-hydrogen) atoms. The zero-order chi connectivity index (χ0) is 14.8. The lowest BCUT2D eigenvalue weighted by molar-refractivity contribution is 0.0754. The van der Waals surface area contributed by atoms with E-state index in [0.717, 1.165) is 30.4 Å². The molecule has 0 unspecified atom stereocenters. The molecule has 0 aromatic heterocycles. The number of amides is 1. The topological polar surface area (TPSA) is 29.5 Å². The average molecular weight is 340 g/mol. The van der Waals surface area contributed by atoms with Crippen LogP contribution in [0.5, 0.6) is 5.75 Å². The number of halogens is 1. The molecule has 0 spiro atoms. The SMILES string of the molecule is COc1cc(Br)ccc1C(=O)N1CCCC(C)(C)CC1. The molecule has 0 N–H and O–H groups in total. The third kappa shape index (κ3) is 3.54. The summed E-state index contributed by atoms with van der Waals surface area (Å²) in [6.07, 6.45) is 3.30. The molecular formula is C16H22BrNO2. The summed E-state index contributed by atoms with van der Waals surface area (Å²) in [5.74, 6) is 0.708. The van der Waals surface area contributed by atoms with Gasteiger partial charge in [-0.25, -0.2) is 0 Å². The van der Waals surface area contributed by atoms with Crippen molar-refractivity contribution in [2.45, 2.75) is 33.1 Å². The predicted molar refractivity (Wildman–Crippen MR) is 84.2 cm³/mol. The lowest BCUT2D eigenvalue weighted by Crippen LogP contribution is -2.32. The van der Waals surface area contributed by atoms with Crippen molar-refractivity contribution in [3.63, 3.8) is 0 Å². The van der Waals surface area contributed by atoms with Gasteiger partial charge in [0.15, 0.2) is 0 Å². The summed E-state index contributed by atoms with van der Waals surface area (Å²) >= 11 is 3.40. The number of carbonyl (C=O) groups is 1. The van der Waals surface area contributed by atoms with Gasteiger partial charge in [-0.3, -0.25) is 4.79 Å². The number of carbonyl (C=O) groups excluding carboxylic acids is 1. The second-order valence-electron chi connectivity index (χ2n) is 6.15. The van der Waals surface area contributed by atoms with Gasteiger partial charge in [0.05, 0.1) is 12.7 Å². The lowest BCUT2D eigenvalue weighted by Gasteiger charge is -2.24. The molecule has 0 atom stereocenters. The molecule has 110 valence electrons. The van der Waals surface area contributed by atoms with Gasteiger partial charge >= 0.3 is 0 Å². The van der Waals surface area contributed by atoms with E-state index in [-0.39, 0.29) is 5.91 Å². The Balaban J connectivity index is 2.19. The molecule has 0 aliphatic carbocycles. The number of likely N-dealkylation sites (tertiary alicyclic amines) is 1. The molecule has 1 saturated heterocycles. The van der Waals surface area contributed by atoms with Crippen molar-refractivity contribution >= 4 is 21.8 Å². The number of ether oxygens (including phenoxy) is 1. The minimum absolute atomic E-state index is 0.0760. The van der Waals surface area contributed by atoms with E-state index < -0.39 is 0 Å². The van der Waals surface area contributed by atoms with E-state index in [4.69, 9.17) is 4.74 Å². The average Bonchev–Trinajstić information content (AvgIpc) is 2.59. The molecule has 1 amide bonds. The zero-order valence-electron chi connectivity index (χ0n) is 12.4. The fraction of sp³-hybridized carbons (Fsp3) is 0.562. The quantitative estimate of drug-likeness (QED) is 0.811. The van der Waals surface area contributed by atoms with Gasteiger partial charge in [-0.15, -0.1) is 0 Å². The Morgan fingerprint density at radius 3 is 2.75 bits per heavy atom. The fourth-order valence-corrected chi connectivity index (χ4v) is 2.98. The Bertz CT molecular complexity index is 499. The zero-order valence-corrected chi connectivity index (χ0v) is 14.0. The maximum atomic E-state index is 12.7.